The first-order chi connectivity index (χ1) is 15.0. The van der Waals surface area contributed by atoms with Gasteiger partial charge in [-0.1, -0.05) is 79.6 Å². The van der Waals surface area contributed by atoms with E-state index in [0.717, 1.165) is 12.4 Å². The molecule has 31 heavy (non-hydrogen) atoms. The summed E-state index contributed by atoms with van der Waals surface area (Å²) in [6.45, 7) is 10.2. The number of hydrogen-bond acceptors (Lipinski definition) is 2. The molecule has 5 rings (SSSR count). The molecule has 0 aliphatic carbocycles. The topological polar surface area (TPSA) is 21.1 Å². The molecule has 0 saturated carbocycles. The summed E-state index contributed by atoms with van der Waals surface area (Å²) in [6, 6.07) is 24.0. The van der Waals surface area contributed by atoms with Gasteiger partial charge in [-0.05, 0) is 48.5 Å². The van der Waals surface area contributed by atoms with Gasteiger partial charge in [-0.2, -0.15) is 0 Å². The third kappa shape index (κ3) is 3.36. The van der Waals surface area contributed by atoms with E-state index in [0.29, 0.717) is 5.92 Å². The van der Waals surface area contributed by atoms with E-state index in [4.69, 9.17) is 4.98 Å². The van der Waals surface area contributed by atoms with E-state index in [1.165, 1.54) is 39.0 Å². The van der Waals surface area contributed by atoms with E-state index >= 15 is 0 Å². The molecule has 3 aromatic carbocycles. The van der Waals surface area contributed by atoms with Crippen LogP contribution in [0, 0.1) is 19.8 Å². The van der Waals surface area contributed by atoms with Crippen molar-refractivity contribution in [3.8, 4) is 22.5 Å². The molecule has 0 unspecified atom stereocenters. The Morgan fingerprint density at radius 1 is 0.871 bits per heavy atom. The first-order valence-electron chi connectivity index (χ1n) is 11.1. The molecule has 0 N–H and O–H groups in total. The molecule has 0 atom stereocenters. The molecule has 154 valence electrons. The van der Waals surface area contributed by atoms with Crippen LogP contribution >= 0.6 is 0 Å². The Labute approximate surface area is 185 Å². The maximum absolute atomic E-state index is 4.75. The minimum absolute atomic E-state index is 0.0969. The van der Waals surface area contributed by atoms with Crippen molar-refractivity contribution in [2.24, 2.45) is 5.92 Å². The van der Waals surface area contributed by atoms with E-state index < -0.39 is 0 Å². The largest absolute Gasteiger partial charge is 0.417 e. The lowest BCUT2D eigenvalue weighted by molar-refractivity contribution is 0.658. The zero-order chi connectivity index (χ0) is 21.5. The normalized spacial score (nSPS) is 12.8. The lowest BCUT2D eigenvalue weighted by Gasteiger charge is -2.40. The van der Waals surface area contributed by atoms with E-state index in [2.05, 4.69) is 110 Å². The van der Waals surface area contributed by atoms with Gasteiger partial charge in [0.05, 0.1) is 0 Å². The van der Waals surface area contributed by atoms with Gasteiger partial charge in [0.1, 0.15) is 5.82 Å². The van der Waals surface area contributed by atoms with Crippen molar-refractivity contribution < 1.29 is 0 Å². The van der Waals surface area contributed by atoms with Crippen molar-refractivity contribution in [2.45, 2.75) is 27.7 Å². The van der Waals surface area contributed by atoms with Crippen LogP contribution in [0.25, 0.3) is 22.5 Å². The number of hydrogen-bond donors (Lipinski definition) is 0. The van der Waals surface area contributed by atoms with Crippen molar-refractivity contribution in [3.63, 3.8) is 0 Å². The summed E-state index contributed by atoms with van der Waals surface area (Å²) in [5, 5.41) is 0. The predicted molar refractivity (Wildman–Crippen MR) is 132 cm³/mol. The molecule has 0 fully saturated rings. The fraction of sp³-hybridized carbons (Fsp3) is 0.222. The molecule has 0 amide bonds. The van der Waals surface area contributed by atoms with Gasteiger partial charge < -0.3 is 9.29 Å². The summed E-state index contributed by atoms with van der Waals surface area (Å²) < 4.78 is 2.35. The molecule has 0 radical (unpaired) electrons. The quantitative estimate of drug-likeness (QED) is 0.415. The number of aryl methyl sites for hydroxylation is 2. The number of rotatable bonds is 4. The van der Waals surface area contributed by atoms with Crippen LogP contribution in [-0.2, 0) is 0 Å². The molecule has 4 heteroatoms. The van der Waals surface area contributed by atoms with Crippen molar-refractivity contribution in [1.82, 2.24) is 9.46 Å². The summed E-state index contributed by atoms with van der Waals surface area (Å²) in [6.07, 6.45) is 4.06. The standard InChI is InChI=1S/C27H28BN3/c1-19(2)18-31-25-13-9-8-12-24(25)27-29-14-15-30(27)28(31)26-20(3)16-23(17-21(26)4)22-10-6-5-7-11-22/h5-17,19H,18H2,1-4H3. The van der Waals surface area contributed by atoms with Crippen LogP contribution in [0.1, 0.15) is 25.0 Å². The van der Waals surface area contributed by atoms with Crippen LogP contribution in [0.15, 0.2) is 79.1 Å². The van der Waals surface area contributed by atoms with Crippen molar-refractivity contribution in [2.75, 3.05) is 11.4 Å². The molecule has 0 saturated heterocycles. The molecule has 3 nitrogen and oxygen atoms in total. The summed E-state index contributed by atoms with van der Waals surface area (Å²) in [4.78, 5) is 7.31. The smallest absolute Gasteiger partial charge is 0.391 e. The molecular formula is C27H28BN3. The summed E-state index contributed by atoms with van der Waals surface area (Å²) in [7, 11) is 0. The average Bonchev–Trinajstić information content (AvgIpc) is 3.25. The Balaban J connectivity index is 1.70. The summed E-state index contributed by atoms with van der Waals surface area (Å²) in [5.41, 5.74) is 9.02. The number of aromatic nitrogens is 2. The third-order valence-corrected chi connectivity index (χ3v) is 6.20. The monoisotopic (exact) mass is 405 g/mol. The van der Waals surface area contributed by atoms with Gasteiger partial charge >= 0.3 is 6.98 Å². The highest BCUT2D eigenvalue weighted by Crippen LogP contribution is 2.36. The van der Waals surface area contributed by atoms with Crippen LogP contribution in [0.5, 0.6) is 0 Å². The van der Waals surface area contributed by atoms with E-state index in [9.17, 15) is 0 Å². The Morgan fingerprint density at radius 3 is 2.26 bits per heavy atom. The van der Waals surface area contributed by atoms with E-state index in [1.807, 2.05) is 6.20 Å². The Morgan fingerprint density at radius 2 is 1.55 bits per heavy atom. The molecule has 4 aromatic rings. The van der Waals surface area contributed by atoms with Gasteiger partial charge in [-0.25, -0.2) is 4.98 Å². The van der Waals surface area contributed by atoms with Crippen LogP contribution in [0.4, 0.5) is 5.69 Å². The van der Waals surface area contributed by atoms with E-state index in [1.54, 1.807) is 0 Å². The maximum atomic E-state index is 4.75. The van der Waals surface area contributed by atoms with Crippen molar-refractivity contribution in [1.29, 1.82) is 0 Å². The van der Waals surface area contributed by atoms with E-state index in [-0.39, 0.29) is 6.98 Å². The summed E-state index contributed by atoms with van der Waals surface area (Å²) >= 11 is 0. The van der Waals surface area contributed by atoms with Crippen LogP contribution in [-0.4, -0.2) is 23.0 Å². The molecule has 1 aliphatic heterocycles. The predicted octanol–water partition coefficient (Wildman–Crippen LogP) is 5.55. The minimum Gasteiger partial charge on any atom is -0.391 e. The second-order valence-corrected chi connectivity index (χ2v) is 8.98. The molecule has 2 heterocycles. The molecular weight excluding hydrogens is 377 g/mol. The molecule has 1 aliphatic rings. The second-order valence-electron chi connectivity index (χ2n) is 8.98. The number of benzene rings is 3. The molecule has 0 bridgehead atoms. The Hall–Kier alpha value is -3.27. The maximum Gasteiger partial charge on any atom is 0.417 e. The number of fused-ring (bicyclic) bond motifs is 3. The SMILES string of the molecule is Cc1cc(-c2ccccc2)cc(C)c1B1N(CC(C)C)c2ccccc2-c2nccn21. The molecule has 1 aromatic heterocycles. The fourth-order valence-corrected chi connectivity index (χ4v) is 4.98. The zero-order valence-corrected chi connectivity index (χ0v) is 18.7. The van der Waals surface area contributed by atoms with Gasteiger partial charge in [0.2, 0.25) is 0 Å². The minimum atomic E-state index is 0.0969. The van der Waals surface area contributed by atoms with Crippen molar-refractivity contribution in [3.05, 3.63) is 90.3 Å². The lowest BCUT2D eigenvalue weighted by Crippen LogP contribution is -2.58. The highest BCUT2D eigenvalue weighted by Gasteiger charge is 2.38. The lowest BCUT2D eigenvalue weighted by atomic mass is 9.59. The fourth-order valence-electron chi connectivity index (χ4n) is 4.98. The van der Waals surface area contributed by atoms with Crippen LogP contribution < -0.4 is 10.3 Å². The van der Waals surface area contributed by atoms with Gasteiger partial charge in [0.25, 0.3) is 0 Å². The number of anilines is 1. The van der Waals surface area contributed by atoms with Gasteiger partial charge in [0, 0.05) is 30.2 Å². The van der Waals surface area contributed by atoms with Crippen LogP contribution in [0.3, 0.4) is 0 Å². The van der Waals surface area contributed by atoms with Crippen LogP contribution in [0.2, 0.25) is 0 Å². The first-order valence-corrected chi connectivity index (χ1v) is 11.1. The molecule has 0 spiro atoms. The number of imidazole rings is 1. The van der Waals surface area contributed by atoms with Gasteiger partial charge in [0.15, 0.2) is 0 Å². The first kappa shape index (κ1) is 19.7. The zero-order valence-electron chi connectivity index (χ0n) is 18.7. The Kier molecular flexibility index (Phi) is 4.93. The van der Waals surface area contributed by atoms with Gasteiger partial charge in [-0.15, -0.1) is 0 Å². The highest BCUT2D eigenvalue weighted by molar-refractivity contribution is 6.77. The second kappa shape index (κ2) is 7.77. The third-order valence-electron chi connectivity index (χ3n) is 6.20. The average molecular weight is 405 g/mol. The van der Waals surface area contributed by atoms with Crippen molar-refractivity contribution >= 4 is 18.1 Å². The number of para-hydroxylation sites is 1. The van der Waals surface area contributed by atoms with Gasteiger partial charge in [-0.3, -0.25) is 0 Å². The Bertz CT molecular complexity index is 1200. The summed E-state index contributed by atoms with van der Waals surface area (Å²) in [5.74, 6) is 1.59. The number of nitrogens with zero attached hydrogens (tertiary/aromatic N) is 3. The highest BCUT2D eigenvalue weighted by atomic mass is 15.2.